The lowest BCUT2D eigenvalue weighted by molar-refractivity contribution is 0.295. The van der Waals surface area contributed by atoms with Gasteiger partial charge in [0, 0.05) is 57.6 Å². The molecule has 0 spiro atoms. The van der Waals surface area contributed by atoms with Crippen molar-refractivity contribution < 1.29 is 23.4 Å². The Morgan fingerprint density at radius 2 is 0.671 bits per heavy atom. The zero-order valence-electron chi connectivity index (χ0n) is 46.6. The predicted molar refractivity (Wildman–Crippen MR) is 318 cm³/mol. The van der Waals surface area contributed by atoms with Crippen molar-refractivity contribution in [1.29, 1.82) is 5.26 Å². The first-order valence-electron chi connectivity index (χ1n) is 28.5. The van der Waals surface area contributed by atoms with Gasteiger partial charge in [-0.1, -0.05) is 176 Å². The molecular formula is C71H73N3O5. The summed E-state index contributed by atoms with van der Waals surface area (Å²) in [6.07, 6.45) is 17.5. The van der Waals surface area contributed by atoms with Crippen LogP contribution in [0.15, 0.2) is 132 Å². The van der Waals surface area contributed by atoms with Gasteiger partial charge in [0.05, 0.1) is 60.3 Å². The van der Waals surface area contributed by atoms with Crippen molar-refractivity contribution in [2.75, 3.05) is 26.4 Å². The lowest BCUT2D eigenvalue weighted by atomic mass is 10.1. The summed E-state index contributed by atoms with van der Waals surface area (Å²) < 4.78 is 31.9. The number of ether oxygens (including phenoxy) is 4. The Balaban J connectivity index is 1.09. The molecule has 0 aliphatic carbocycles. The van der Waals surface area contributed by atoms with Crippen LogP contribution in [-0.4, -0.2) is 36.6 Å². The molecule has 0 aliphatic heterocycles. The second kappa shape index (κ2) is 32.9. The van der Waals surface area contributed by atoms with Crippen LogP contribution in [0.1, 0.15) is 180 Å². The Morgan fingerprint density at radius 1 is 0.342 bits per heavy atom. The molecule has 0 atom stereocenters. The van der Waals surface area contributed by atoms with E-state index in [0.717, 1.165) is 140 Å². The van der Waals surface area contributed by atoms with E-state index >= 15 is 0 Å². The highest BCUT2D eigenvalue weighted by Crippen LogP contribution is 2.32. The molecule has 8 heteroatoms. The molecule has 0 saturated heterocycles. The molecule has 6 aromatic carbocycles. The normalized spacial score (nSPS) is 10.4. The fourth-order valence-corrected chi connectivity index (χ4v) is 8.43. The van der Waals surface area contributed by atoms with E-state index in [4.69, 9.17) is 23.4 Å². The molecule has 0 amide bonds. The van der Waals surface area contributed by atoms with Crippen molar-refractivity contribution in [3.8, 4) is 99.3 Å². The Kier molecular flexibility index (Phi) is 24.2. The second-order valence-corrected chi connectivity index (χ2v) is 19.5. The van der Waals surface area contributed by atoms with Gasteiger partial charge >= 0.3 is 0 Å². The molecular weight excluding hydrogens is 975 g/mol. The Morgan fingerprint density at radius 3 is 1.03 bits per heavy atom. The molecule has 8 nitrogen and oxygen atoms in total. The van der Waals surface area contributed by atoms with Crippen molar-refractivity contribution in [2.24, 2.45) is 0 Å². The van der Waals surface area contributed by atoms with Crippen LogP contribution in [0.3, 0.4) is 0 Å². The van der Waals surface area contributed by atoms with E-state index in [2.05, 4.69) is 91.3 Å². The molecule has 0 radical (unpaired) electrons. The SMILES string of the molecule is CCCCCCOc1cc(C#Cc2ccc(-c3nnc(-c4ccc(C#Cc5cc(OCCCCCC)c(C#Cc6cccc(C#N)c6)cc5OCCCCCC)cc4)o3)cc2)c(OCCCCCC)cc1C#Cc1ccccc1. The first kappa shape index (κ1) is 58.1. The highest BCUT2D eigenvalue weighted by atomic mass is 16.5. The molecule has 0 N–H and O–H groups in total. The van der Waals surface area contributed by atoms with Crippen molar-refractivity contribution in [1.82, 2.24) is 10.2 Å². The highest BCUT2D eigenvalue weighted by Gasteiger charge is 2.15. The quantitative estimate of drug-likeness (QED) is 0.0391. The third kappa shape index (κ3) is 19.1. The monoisotopic (exact) mass is 1050 g/mol. The van der Waals surface area contributed by atoms with E-state index in [1.165, 1.54) is 12.8 Å². The topological polar surface area (TPSA) is 99.6 Å². The maximum atomic E-state index is 9.46. The lowest BCUT2D eigenvalue weighted by Crippen LogP contribution is -2.03. The van der Waals surface area contributed by atoms with Crippen molar-refractivity contribution >= 4 is 0 Å². The fourth-order valence-electron chi connectivity index (χ4n) is 8.43. The Bertz CT molecular complexity index is 3320. The third-order valence-corrected chi connectivity index (χ3v) is 13.0. The number of rotatable bonds is 26. The van der Waals surface area contributed by atoms with E-state index in [1.807, 2.05) is 115 Å². The van der Waals surface area contributed by atoms with E-state index in [0.29, 0.717) is 72.3 Å². The van der Waals surface area contributed by atoms with Crippen LogP contribution in [0.4, 0.5) is 0 Å². The molecule has 0 unspecified atom stereocenters. The van der Waals surface area contributed by atoms with Crippen molar-refractivity contribution in [2.45, 2.75) is 130 Å². The number of nitriles is 1. The van der Waals surface area contributed by atoms with Crippen LogP contribution in [0, 0.1) is 58.7 Å². The van der Waals surface area contributed by atoms with E-state index < -0.39 is 0 Å². The standard InChI is InChI=1S/C71H73N3O5/c1-5-9-13-20-45-75-66-51-63(67(76-46-21-14-10-6-2)50-62(66)41-33-55-25-18-17-19-26-55)42-34-56-29-37-60(38-30-56)70-73-74-71(79-70)61-39-31-57(32-40-61)35-43-64-52-69(78-48-23-16-12-8-4)65(53-68(64)77-47-22-15-11-7-3)44-36-58-27-24-28-59(49-58)54-72/h17-19,24-32,37-40,49-53H,5-16,20-23,45-48H2,1-4H3. The summed E-state index contributed by atoms with van der Waals surface area (Å²) in [4.78, 5) is 0. The van der Waals surface area contributed by atoms with Gasteiger partial charge in [-0.25, -0.2) is 0 Å². The summed E-state index contributed by atoms with van der Waals surface area (Å²) in [6.45, 7) is 11.2. The fraction of sp³-hybridized carbons (Fsp3) is 0.338. The minimum absolute atomic E-state index is 0.399. The molecule has 0 saturated carbocycles. The largest absolute Gasteiger partial charge is 0.492 e. The Hall–Kier alpha value is -8.61. The van der Waals surface area contributed by atoms with E-state index in [9.17, 15) is 5.26 Å². The maximum absolute atomic E-state index is 9.46. The van der Waals surface area contributed by atoms with Gasteiger partial charge in [-0.05, 0) is 105 Å². The summed E-state index contributed by atoms with van der Waals surface area (Å²) in [5, 5.41) is 18.3. The zero-order chi connectivity index (χ0) is 55.1. The zero-order valence-corrected chi connectivity index (χ0v) is 46.6. The molecule has 7 rings (SSSR count). The summed E-state index contributed by atoms with van der Waals surface area (Å²) in [5.41, 5.74) is 8.40. The van der Waals surface area contributed by atoms with Crippen LogP contribution in [-0.2, 0) is 0 Å². The molecule has 0 bridgehead atoms. The van der Waals surface area contributed by atoms with Gasteiger partial charge in [0.15, 0.2) is 0 Å². The maximum Gasteiger partial charge on any atom is 0.248 e. The van der Waals surface area contributed by atoms with Crippen LogP contribution >= 0.6 is 0 Å². The molecule has 0 fully saturated rings. The summed E-state index contributed by atoms with van der Waals surface area (Å²) >= 11 is 0. The summed E-state index contributed by atoms with van der Waals surface area (Å²) in [5.74, 6) is 30.2. The van der Waals surface area contributed by atoms with Gasteiger partial charge in [0.25, 0.3) is 0 Å². The molecule has 1 aromatic heterocycles. The predicted octanol–water partition coefficient (Wildman–Crippen LogP) is 16.7. The van der Waals surface area contributed by atoms with Crippen LogP contribution in [0.25, 0.3) is 22.9 Å². The van der Waals surface area contributed by atoms with Crippen LogP contribution in [0.5, 0.6) is 23.0 Å². The third-order valence-electron chi connectivity index (χ3n) is 13.0. The first-order valence-corrected chi connectivity index (χ1v) is 28.5. The van der Waals surface area contributed by atoms with Crippen molar-refractivity contribution in [3.05, 3.63) is 177 Å². The van der Waals surface area contributed by atoms with Gasteiger partial charge < -0.3 is 23.4 Å². The van der Waals surface area contributed by atoms with Gasteiger partial charge in [0.1, 0.15) is 23.0 Å². The molecule has 402 valence electrons. The van der Waals surface area contributed by atoms with Gasteiger partial charge in [-0.15, -0.1) is 10.2 Å². The number of hydrogen-bond acceptors (Lipinski definition) is 8. The first-order chi connectivity index (χ1) is 39.0. The number of benzene rings is 6. The molecule has 0 aliphatic rings. The molecule has 7 aromatic rings. The average Bonchev–Trinajstić information content (AvgIpc) is 3.99. The number of unbranched alkanes of at least 4 members (excludes halogenated alkanes) is 12. The van der Waals surface area contributed by atoms with Crippen LogP contribution in [0.2, 0.25) is 0 Å². The smallest absolute Gasteiger partial charge is 0.248 e. The van der Waals surface area contributed by atoms with E-state index in [1.54, 1.807) is 12.1 Å². The minimum Gasteiger partial charge on any atom is -0.492 e. The second-order valence-electron chi connectivity index (χ2n) is 19.5. The average molecular weight is 1050 g/mol. The Labute approximate surface area is 470 Å². The lowest BCUT2D eigenvalue weighted by Gasteiger charge is -2.14. The van der Waals surface area contributed by atoms with Gasteiger partial charge in [-0.3, -0.25) is 0 Å². The number of nitrogens with zero attached hydrogens (tertiary/aromatic N) is 3. The minimum atomic E-state index is 0.399. The number of aromatic nitrogens is 2. The molecule has 1 heterocycles. The van der Waals surface area contributed by atoms with Gasteiger partial charge in [-0.2, -0.15) is 5.26 Å². The van der Waals surface area contributed by atoms with Gasteiger partial charge in [0.2, 0.25) is 11.8 Å². The highest BCUT2D eigenvalue weighted by molar-refractivity contribution is 5.64. The number of hydrogen-bond donors (Lipinski definition) is 0. The molecule has 79 heavy (non-hydrogen) atoms. The summed E-state index contributed by atoms with van der Waals surface area (Å²) in [6, 6.07) is 42.9. The van der Waals surface area contributed by atoms with Crippen molar-refractivity contribution in [3.63, 3.8) is 0 Å². The summed E-state index contributed by atoms with van der Waals surface area (Å²) in [7, 11) is 0. The van der Waals surface area contributed by atoms with Crippen LogP contribution < -0.4 is 18.9 Å². The van der Waals surface area contributed by atoms with E-state index in [-0.39, 0.29) is 0 Å².